The molecule has 78 valence electrons. The molecule has 3 nitrogen and oxygen atoms in total. The molecule has 6 heteroatoms. The van der Waals surface area contributed by atoms with E-state index in [0.29, 0.717) is 15.7 Å². The largest absolute Gasteiger partial charge is 1.00 e. The zero-order valence-electron chi connectivity index (χ0n) is 9.84. The van der Waals surface area contributed by atoms with Crippen LogP contribution in [0, 0.1) is 0 Å². The molecule has 15 heavy (non-hydrogen) atoms. The maximum atomic E-state index is 11.2. The van der Waals surface area contributed by atoms with Crippen LogP contribution in [0.15, 0.2) is 18.2 Å². The maximum Gasteiger partial charge on any atom is 1.00 e. The second-order valence-electron chi connectivity index (χ2n) is 2.95. The quantitative estimate of drug-likeness (QED) is 0.716. The number of rotatable bonds is 1. The molecule has 0 aliphatic carbocycles. The molecule has 0 aliphatic heterocycles. The third kappa shape index (κ3) is 4.62. The van der Waals surface area contributed by atoms with Crippen molar-refractivity contribution in [2.45, 2.75) is 0 Å². The number of nitrogens with one attached hydrogen (secondary N) is 1. The van der Waals surface area contributed by atoms with Gasteiger partial charge in [0.15, 0.2) is 0 Å². The van der Waals surface area contributed by atoms with E-state index < -0.39 is 0 Å². The molecule has 1 aromatic carbocycles. The Balaban J connectivity index is 0. The van der Waals surface area contributed by atoms with Gasteiger partial charge >= 0.3 is 35.6 Å². The van der Waals surface area contributed by atoms with Crippen LogP contribution >= 0.6 is 23.2 Å². The van der Waals surface area contributed by atoms with E-state index in [4.69, 9.17) is 23.2 Å². The van der Waals surface area contributed by atoms with Gasteiger partial charge < -0.3 is 11.6 Å². The van der Waals surface area contributed by atoms with Gasteiger partial charge in [0, 0.05) is 19.8 Å². The van der Waals surface area contributed by atoms with Crippen molar-refractivity contribution < 1.29 is 35.8 Å². The predicted molar refractivity (Wildman–Crippen MR) is 60.3 cm³/mol. The summed E-state index contributed by atoms with van der Waals surface area (Å²) in [6, 6.07) is 4.72. The smallest absolute Gasteiger partial charge is 1.00 e. The molecular weight excluding hydrogens is 246 g/mol. The Bertz CT molecular complexity index is 363. The first-order valence-corrected chi connectivity index (χ1v) is 4.69. The summed E-state index contributed by atoms with van der Waals surface area (Å²) < 4.78 is 0. The maximum absolute atomic E-state index is 11.2. The van der Waals surface area contributed by atoms with Gasteiger partial charge in [0.1, 0.15) is 0 Å². The number of carbonyl (C=O) groups excluding carboxylic acids is 1. The zero-order chi connectivity index (χ0) is 10.7. The van der Waals surface area contributed by atoms with Crippen molar-refractivity contribution in [3.63, 3.8) is 0 Å². The number of hydrogen-bond acceptors (Lipinski definition) is 1. The van der Waals surface area contributed by atoms with E-state index in [9.17, 15) is 4.79 Å². The minimum Gasteiger partial charge on any atom is -1.00 e. The molecule has 0 aliphatic rings. The number of urea groups is 1. The van der Waals surface area contributed by atoms with E-state index in [0.717, 1.165) is 0 Å². The van der Waals surface area contributed by atoms with Gasteiger partial charge in [0.25, 0.3) is 0 Å². The number of hydrogen-bond donors (Lipinski definition) is 1. The van der Waals surface area contributed by atoms with Crippen LogP contribution in [-0.2, 0) is 0 Å². The summed E-state index contributed by atoms with van der Waals surface area (Å²) in [5.41, 5.74) is 0.623. The third-order valence-corrected chi connectivity index (χ3v) is 2.32. The van der Waals surface area contributed by atoms with Crippen LogP contribution in [-0.4, -0.2) is 25.0 Å². The molecule has 1 rings (SSSR count). The van der Waals surface area contributed by atoms with Crippen LogP contribution < -0.4 is 34.9 Å². The van der Waals surface area contributed by atoms with Crippen LogP contribution in [0.3, 0.4) is 0 Å². The Morgan fingerprint density at radius 2 is 1.93 bits per heavy atom. The first kappa shape index (κ1) is 15.1. The summed E-state index contributed by atoms with van der Waals surface area (Å²) in [7, 11) is 3.32. The average molecular weight is 257 g/mol. The molecule has 0 radical (unpaired) electrons. The summed E-state index contributed by atoms with van der Waals surface area (Å²) >= 11 is 11.5. The van der Waals surface area contributed by atoms with Gasteiger partial charge in [0.2, 0.25) is 0 Å². The van der Waals surface area contributed by atoms with Crippen LogP contribution in [0.1, 0.15) is 1.43 Å². The van der Waals surface area contributed by atoms with Crippen molar-refractivity contribution in [2.24, 2.45) is 0 Å². The summed E-state index contributed by atoms with van der Waals surface area (Å²) in [5, 5.41) is 3.54. The standard InChI is InChI=1S/C9H10Cl2N2O.Na.H/c1-13(2)9(14)12-6-3-4-7(10)8(11)5-6;;/h3-5H,1-2H3,(H,12,14);;/q;+1;-1. The Morgan fingerprint density at radius 3 is 2.40 bits per heavy atom. The van der Waals surface area contributed by atoms with E-state index >= 15 is 0 Å². The number of halogens is 2. The van der Waals surface area contributed by atoms with Crippen LogP contribution in [0.25, 0.3) is 0 Å². The number of carbonyl (C=O) groups is 1. The molecule has 0 spiro atoms. The van der Waals surface area contributed by atoms with Crippen LogP contribution in [0.2, 0.25) is 10.0 Å². The fourth-order valence-corrected chi connectivity index (χ4v) is 1.11. The number of amides is 2. The summed E-state index contributed by atoms with van der Waals surface area (Å²) in [5.74, 6) is 0. The van der Waals surface area contributed by atoms with Crippen molar-refractivity contribution in [1.29, 1.82) is 0 Å². The number of anilines is 1. The van der Waals surface area contributed by atoms with Crippen LogP contribution in [0.4, 0.5) is 10.5 Å². The zero-order valence-corrected chi connectivity index (χ0v) is 12.4. The second kappa shape index (κ2) is 6.61. The van der Waals surface area contributed by atoms with Crippen molar-refractivity contribution in [3.8, 4) is 0 Å². The Morgan fingerprint density at radius 1 is 1.33 bits per heavy atom. The van der Waals surface area contributed by atoms with Gasteiger partial charge in [-0.3, -0.25) is 0 Å². The summed E-state index contributed by atoms with van der Waals surface area (Å²) in [6.45, 7) is 0. The molecule has 0 atom stereocenters. The molecule has 0 heterocycles. The number of benzene rings is 1. The minimum atomic E-state index is -0.205. The summed E-state index contributed by atoms with van der Waals surface area (Å²) in [6.07, 6.45) is 0. The van der Waals surface area contributed by atoms with Crippen LogP contribution in [0.5, 0.6) is 0 Å². The van der Waals surface area contributed by atoms with E-state index in [1.165, 1.54) is 4.90 Å². The van der Waals surface area contributed by atoms with E-state index in [-0.39, 0.29) is 37.0 Å². The molecule has 2 amide bonds. The van der Waals surface area contributed by atoms with Crippen molar-refractivity contribution in [1.82, 2.24) is 4.90 Å². The Kier molecular flexibility index (Phi) is 6.64. The monoisotopic (exact) mass is 256 g/mol. The van der Waals surface area contributed by atoms with Gasteiger partial charge in [-0.15, -0.1) is 0 Å². The van der Waals surface area contributed by atoms with Gasteiger partial charge in [0.05, 0.1) is 10.0 Å². The SMILES string of the molecule is CN(C)C(=O)Nc1ccc(Cl)c(Cl)c1.[H-].[Na+]. The minimum absolute atomic E-state index is 0. The molecule has 1 N–H and O–H groups in total. The molecule has 0 bridgehead atoms. The topological polar surface area (TPSA) is 32.3 Å². The normalized spacial score (nSPS) is 9.07. The third-order valence-electron chi connectivity index (χ3n) is 1.58. The molecule has 0 fully saturated rings. The van der Waals surface area contributed by atoms with Crippen molar-refractivity contribution in [3.05, 3.63) is 28.2 Å². The molecule has 0 saturated heterocycles. The average Bonchev–Trinajstić information content (AvgIpc) is 2.11. The van der Waals surface area contributed by atoms with E-state index in [2.05, 4.69) is 5.32 Å². The molecule has 0 aromatic heterocycles. The molecule has 0 unspecified atom stereocenters. The van der Waals surface area contributed by atoms with Crippen molar-refractivity contribution >= 4 is 34.9 Å². The fourth-order valence-electron chi connectivity index (χ4n) is 0.809. The Hall–Kier alpha value is 0.0700. The van der Waals surface area contributed by atoms with E-state index in [1.54, 1.807) is 32.3 Å². The second-order valence-corrected chi connectivity index (χ2v) is 3.77. The van der Waals surface area contributed by atoms with Crippen molar-refractivity contribution in [2.75, 3.05) is 19.4 Å². The van der Waals surface area contributed by atoms with Gasteiger partial charge in [-0.05, 0) is 18.2 Å². The molecular formula is C9H11Cl2N2NaO. The van der Waals surface area contributed by atoms with Gasteiger partial charge in [-0.2, -0.15) is 0 Å². The number of nitrogens with zero attached hydrogens (tertiary/aromatic N) is 1. The summed E-state index contributed by atoms with van der Waals surface area (Å²) in [4.78, 5) is 12.7. The molecule has 0 saturated carbocycles. The first-order valence-electron chi connectivity index (χ1n) is 3.94. The Labute approximate surface area is 123 Å². The first-order chi connectivity index (χ1) is 6.50. The predicted octanol–water partition coefficient (Wildman–Crippen LogP) is 0.203. The fraction of sp³-hybridized carbons (Fsp3) is 0.222. The van der Waals surface area contributed by atoms with Gasteiger partial charge in [-0.1, -0.05) is 23.2 Å². The molecule has 1 aromatic rings. The van der Waals surface area contributed by atoms with E-state index in [1.807, 2.05) is 0 Å². The van der Waals surface area contributed by atoms with Gasteiger partial charge in [-0.25, -0.2) is 4.79 Å².